The standard InChI is InChI=1S/C41H47ClN6O5/c1-45-36-17-19-46(21-25-9-11-26(12-10-25)41(51)52)24-34(36)43-38(45)40(50)48-20-16-30-29(5-4-8-35(30)48)31-6-3-7-32(37(31)42)33-14-13-27(39(44-33)53-2)22-47-18-15-28(49)23-47/h3-8,13-14,25-26,28,49H,9-12,15-24H2,1-2H3,(H,51,52)/t25?,26?,28-/m1/s1. The van der Waals surface area contributed by atoms with E-state index >= 15 is 0 Å². The number of aliphatic carboxylic acids is 1. The van der Waals surface area contributed by atoms with Crippen LogP contribution in [-0.2, 0) is 37.8 Å². The third-order valence-electron chi connectivity index (χ3n) is 11.8. The van der Waals surface area contributed by atoms with E-state index in [0.717, 1.165) is 103 Å². The number of aliphatic hydroxyl groups excluding tert-OH is 1. The molecule has 0 unspecified atom stereocenters. The van der Waals surface area contributed by atoms with Gasteiger partial charge in [0.05, 0.1) is 35.5 Å². The third-order valence-corrected chi connectivity index (χ3v) is 12.3. The number of hydrogen-bond donors (Lipinski definition) is 2. The number of carboxylic acid groups (broad SMARTS) is 1. The molecule has 2 aromatic carbocycles. The Morgan fingerprint density at radius 3 is 2.43 bits per heavy atom. The molecule has 1 atom stereocenters. The molecule has 8 rings (SSSR count). The molecule has 0 spiro atoms. The molecule has 1 amide bonds. The Bertz CT molecular complexity index is 2040. The molecule has 12 heteroatoms. The summed E-state index contributed by atoms with van der Waals surface area (Å²) in [5, 5.41) is 19.9. The Labute approximate surface area is 315 Å². The molecule has 4 aromatic rings. The highest BCUT2D eigenvalue weighted by Crippen LogP contribution is 2.43. The van der Waals surface area contributed by atoms with E-state index in [4.69, 9.17) is 26.3 Å². The molecular formula is C41H47ClN6O5. The second-order valence-electron chi connectivity index (χ2n) is 15.1. The molecule has 1 aliphatic carbocycles. The first-order valence-corrected chi connectivity index (χ1v) is 19.2. The van der Waals surface area contributed by atoms with E-state index in [1.54, 1.807) is 7.11 Å². The highest BCUT2D eigenvalue weighted by Gasteiger charge is 2.34. The molecule has 2 N–H and O–H groups in total. The molecule has 278 valence electrons. The summed E-state index contributed by atoms with van der Waals surface area (Å²) >= 11 is 7.20. The number of likely N-dealkylation sites (tertiary alicyclic amines) is 1. The fourth-order valence-electron chi connectivity index (χ4n) is 8.96. The number of halogens is 1. The predicted molar refractivity (Wildman–Crippen MR) is 203 cm³/mol. The van der Waals surface area contributed by atoms with Crippen molar-refractivity contribution in [2.75, 3.05) is 44.7 Å². The lowest BCUT2D eigenvalue weighted by Crippen LogP contribution is -2.36. The second-order valence-corrected chi connectivity index (χ2v) is 15.5. The van der Waals surface area contributed by atoms with Crippen LogP contribution in [0.2, 0.25) is 5.02 Å². The van der Waals surface area contributed by atoms with Gasteiger partial charge in [-0.1, -0.05) is 48.0 Å². The van der Waals surface area contributed by atoms with Crippen molar-refractivity contribution in [2.24, 2.45) is 18.9 Å². The van der Waals surface area contributed by atoms with Crippen molar-refractivity contribution in [1.29, 1.82) is 0 Å². The molecule has 5 heterocycles. The summed E-state index contributed by atoms with van der Waals surface area (Å²) in [5.41, 5.74) is 8.39. The van der Waals surface area contributed by atoms with Gasteiger partial charge in [-0.25, -0.2) is 9.97 Å². The summed E-state index contributed by atoms with van der Waals surface area (Å²) in [7, 11) is 3.58. The van der Waals surface area contributed by atoms with Crippen LogP contribution in [-0.4, -0.2) is 92.4 Å². The van der Waals surface area contributed by atoms with Gasteiger partial charge in [-0.15, -0.1) is 0 Å². The lowest BCUT2D eigenvalue weighted by atomic mass is 9.81. The summed E-state index contributed by atoms with van der Waals surface area (Å²) in [5.74, 6) is 0.535. The van der Waals surface area contributed by atoms with Gasteiger partial charge in [0, 0.05) is 87.4 Å². The molecule has 0 radical (unpaired) electrons. The molecule has 4 aliphatic rings. The third kappa shape index (κ3) is 6.96. The molecule has 1 saturated heterocycles. The van der Waals surface area contributed by atoms with Gasteiger partial charge in [0.1, 0.15) is 0 Å². The van der Waals surface area contributed by atoms with E-state index in [1.165, 1.54) is 0 Å². The fourth-order valence-corrected chi connectivity index (χ4v) is 9.28. The number of pyridine rings is 1. The summed E-state index contributed by atoms with van der Waals surface area (Å²) in [6.07, 6.45) is 5.42. The predicted octanol–water partition coefficient (Wildman–Crippen LogP) is 5.83. The Balaban J connectivity index is 1.00. The number of rotatable bonds is 9. The summed E-state index contributed by atoms with van der Waals surface area (Å²) in [4.78, 5) is 41.9. The van der Waals surface area contributed by atoms with Crippen molar-refractivity contribution in [2.45, 2.75) is 64.1 Å². The topological polar surface area (TPSA) is 124 Å². The van der Waals surface area contributed by atoms with E-state index in [1.807, 2.05) is 59.0 Å². The number of carbonyl (C=O) groups is 2. The average Bonchev–Trinajstić information content (AvgIpc) is 3.88. The zero-order chi connectivity index (χ0) is 36.8. The zero-order valence-corrected chi connectivity index (χ0v) is 31.2. The molecular weight excluding hydrogens is 692 g/mol. The number of nitrogens with zero attached hydrogens (tertiary/aromatic N) is 6. The normalized spacial score (nSPS) is 21.8. The van der Waals surface area contributed by atoms with Gasteiger partial charge in [-0.2, -0.15) is 0 Å². The van der Waals surface area contributed by atoms with Crippen molar-refractivity contribution >= 4 is 29.2 Å². The number of anilines is 1. The van der Waals surface area contributed by atoms with Crippen LogP contribution in [0.25, 0.3) is 22.4 Å². The molecule has 11 nitrogen and oxygen atoms in total. The lowest BCUT2D eigenvalue weighted by molar-refractivity contribution is -0.143. The van der Waals surface area contributed by atoms with Crippen LogP contribution in [0.4, 0.5) is 5.69 Å². The van der Waals surface area contributed by atoms with E-state index in [9.17, 15) is 19.8 Å². The van der Waals surface area contributed by atoms with Crippen molar-refractivity contribution in [3.8, 4) is 28.3 Å². The van der Waals surface area contributed by atoms with Gasteiger partial charge in [0.15, 0.2) is 5.82 Å². The summed E-state index contributed by atoms with van der Waals surface area (Å²) in [6.45, 7) is 5.25. The number of carbonyl (C=O) groups excluding carboxylic acids is 1. The molecule has 1 saturated carbocycles. The number of β-amino-alcohol motifs (C(OH)–C–C–N with tert-alkyl or cyclic N) is 1. The maximum atomic E-state index is 14.2. The molecule has 0 bridgehead atoms. The van der Waals surface area contributed by atoms with Gasteiger partial charge in [0.2, 0.25) is 5.88 Å². The molecule has 3 aliphatic heterocycles. The minimum absolute atomic E-state index is 0.101. The number of carboxylic acids is 1. The van der Waals surface area contributed by atoms with Crippen molar-refractivity contribution in [1.82, 2.24) is 24.3 Å². The largest absolute Gasteiger partial charge is 0.481 e. The van der Waals surface area contributed by atoms with Crippen LogP contribution >= 0.6 is 11.6 Å². The smallest absolute Gasteiger partial charge is 0.306 e. The van der Waals surface area contributed by atoms with Gasteiger partial charge in [0.25, 0.3) is 5.91 Å². The van der Waals surface area contributed by atoms with Gasteiger partial charge >= 0.3 is 5.97 Å². The van der Waals surface area contributed by atoms with Crippen molar-refractivity contribution in [3.63, 3.8) is 0 Å². The number of amides is 1. The monoisotopic (exact) mass is 738 g/mol. The van der Waals surface area contributed by atoms with E-state index in [-0.39, 0.29) is 17.9 Å². The SMILES string of the molecule is COc1nc(-c2cccc(-c3cccc4c3CCN4C(=O)c3nc4c(n3C)CCN(CC3CCC(C(=O)O)CC3)C4)c2Cl)ccc1CN1CC[C@@H](O)C1. The Kier molecular flexibility index (Phi) is 10.0. The summed E-state index contributed by atoms with van der Waals surface area (Å²) < 4.78 is 7.69. The Morgan fingerprint density at radius 1 is 0.906 bits per heavy atom. The number of methoxy groups -OCH3 is 1. The number of benzene rings is 2. The van der Waals surface area contributed by atoms with E-state index in [0.29, 0.717) is 60.9 Å². The molecule has 2 aromatic heterocycles. The zero-order valence-electron chi connectivity index (χ0n) is 30.4. The van der Waals surface area contributed by atoms with Crippen LogP contribution in [0.15, 0.2) is 48.5 Å². The molecule has 2 fully saturated rings. The second kappa shape index (κ2) is 14.9. The number of hydrogen-bond acceptors (Lipinski definition) is 8. The number of imidazole rings is 1. The van der Waals surface area contributed by atoms with Gasteiger partial charge in [-0.3, -0.25) is 19.4 Å². The number of fused-ring (bicyclic) bond motifs is 2. The number of aromatic nitrogens is 3. The highest BCUT2D eigenvalue weighted by atomic mass is 35.5. The Morgan fingerprint density at radius 2 is 1.68 bits per heavy atom. The lowest BCUT2D eigenvalue weighted by Gasteiger charge is -2.33. The van der Waals surface area contributed by atoms with E-state index in [2.05, 4.69) is 15.9 Å². The van der Waals surface area contributed by atoms with Crippen LogP contribution < -0.4 is 9.64 Å². The maximum Gasteiger partial charge on any atom is 0.306 e. The van der Waals surface area contributed by atoms with Crippen LogP contribution in [0, 0.1) is 11.8 Å². The van der Waals surface area contributed by atoms with Crippen LogP contribution in [0.1, 0.15) is 65.2 Å². The van der Waals surface area contributed by atoms with Gasteiger partial charge < -0.3 is 24.4 Å². The van der Waals surface area contributed by atoms with Crippen LogP contribution in [0.3, 0.4) is 0 Å². The fraction of sp³-hybridized carbons (Fsp3) is 0.463. The summed E-state index contributed by atoms with van der Waals surface area (Å²) in [6, 6.07) is 16.0. The first-order chi connectivity index (χ1) is 25.7. The van der Waals surface area contributed by atoms with Crippen molar-refractivity contribution in [3.05, 3.63) is 81.9 Å². The maximum absolute atomic E-state index is 14.2. The van der Waals surface area contributed by atoms with E-state index < -0.39 is 5.97 Å². The number of ether oxygens (including phenoxy) is 1. The minimum atomic E-state index is -0.667. The first-order valence-electron chi connectivity index (χ1n) is 18.9. The Hall–Kier alpha value is -4.29. The number of aliphatic hydroxyl groups is 1. The van der Waals surface area contributed by atoms with Gasteiger partial charge in [-0.05, 0) is 67.7 Å². The highest BCUT2D eigenvalue weighted by molar-refractivity contribution is 6.36. The van der Waals surface area contributed by atoms with Crippen LogP contribution in [0.5, 0.6) is 5.88 Å². The van der Waals surface area contributed by atoms with Crippen molar-refractivity contribution < 1.29 is 24.5 Å². The first kappa shape index (κ1) is 35.7. The minimum Gasteiger partial charge on any atom is -0.481 e. The molecule has 53 heavy (non-hydrogen) atoms. The average molecular weight is 739 g/mol. The quantitative estimate of drug-likeness (QED) is 0.218.